The van der Waals surface area contributed by atoms with E-state index in [0.29, 0.717) is 30.9 Å². The van der Waals surface area contributed by atoms with E-state index in [2.05, 4.69) is 15.7 Å². The number of hydrazone groups is 1. The Morgan fingerprint density at radius 2 is 1.97 bits per heavy atom. The van der Waals surface area contributed by atoms with Gasteiger partial charge in [-0.1, -0.05) is 26.7 Å². The first-order valence-electron chi connectivity index (χ1n) is 10.9. The molecule has 0 spiro atoms. The topological polar surface area (TPSA) is 94.1 Å². The zero-order valence-corrected chi connectivity index (χ0v) is 17.8. The highest BCUT2D eigenvalue weighted by Crippen LogP contribution is 2.32. The second-order valence-electron chi connectivity index (χ2n) is 8.34. The number of amides is 3. The van der Waals surface area contributed by atoms with Gasteiger partial charge in [0.2, 0.25) is 5.91 Å². The lowest BCUT2D eigenvalue weighted by atomic mass is 9.92. The Kier molecular flexibility index (Phi) is 6.59. The van der Waals surface area contributed by atoms with Gasteiger partial charge in [-0.3, -0.25) is 19.4 Å². The van der Waals surface area contributed by atoms with Crippen LogP contribution in [-0.2, 0) is 14.4 Å². The minimum atomic E-state index is -1.03. The minimum absolute atomic E-state index is 0.136. The molecule has 3 rings (SSSR count). The third kappa shape index (κ3) is 4.31. The van der Waals surface area contributed by atoms with Gasteiger partial charge in [0.25, 0.3) is 11.8 Å². The van der Waals surface area contributed by atoms with E-state index in [1.54, 1.807) is 16.0 Å². The van der Waals surface area contributed by atoms with Crippen molar-refractivity contribution in [3.8, 4) is 0 Å². The summed E-state index contributed by atoms with van der Waals surface area (Å²) in [6, 6.07) is 0.176. The van der Waals surface area contributed by atoms with Crippen LogP contribution >= 0.6 is 0 Å². The summed E-state index contributed by atoms with van der Waals surface area (Å²) in [4.78, 5) is 40.5. The monoisotopic (exact) mass is 403 g/mol. The number of nitrogens with one attached hydrogen (secondary N) is 2. The van der Waals surface area contributed by atoms with Crippen molar-refractivity contribution in [2.75, 3.05) is 19.6 Å². The molecule has 3 amide bonds. The highest BCUT2D eigenvalue weighted by molar-refractivity contribution is 6.39. The Morgan fingerprint density at radius 3 is 2.62 bits per heavy atom. The summed E-state index contributed by atoms with van der Waals surface area (Å²) in [5.74, 6) is -0.551. The van der Waals surface area contributed by atoms with Crippen molar-refractivity contribution in [2.45, 2.75) is 77.3 Å². The van der Waals surface area contributed by atoms with Crippen LogP contribution in [-0.4, -0.2) is 64.6 Å². The van der Waals surface area contributed by atoms with Gasteiger partial charge < -0.3 is 15.5 Å². The Labute approximate surface area is 172 Å². The Hall–Kier alpha value is -2.38. The number of rotatable bonds is 7. The van der Waals surface area contributed by atoms with Crippen LogP contribution in [0.2, 0.25) is 0 Å². The lowest BCUT2D eigenvalue weighted by Crippen LogP contribution is -2.68. The summed E-state index contributed by atoms with van der Waals surface area (Å²) in [7, 11) is 0. The van der Waals surface area contributed by atoms with E-state index in [-0.39, 0.29) is 30.3 Å². The molecule has 3 aliphatic rings. The van der Waals surface area contributed by atoms with Crippen molar-refractivity contribution in [3.63, 3.8) is 0 Å². The fourth-order valence-corrected chi connectivity index (χ4v) is 4.25. The van der Waals surface area contributed by atoms with Crippen LogP contribution in [0.25, 0.3) is 0 Å². The molecule has 0 radical (unpaired) electrons. The summed E-state index contributed by atoms with van der Waals surface area (Å²) in [6.45, 7) is 7.13. The van der Waals surface area contributed by atoms with Crippen LogP contribution in [0.5, 0.6) is 0 Å². The Balaban J connectivity index is 1.83. The number of hydrogen-bond acceptors (Lipinski definition) is 5. The van der Waals surface area contributed by atoms with E-state index in [1.807, 2.05) is 20.8 Å². The van der Waals surface area contributed by atoms with Crippen molar-refractivity contribution in [2.24, 2.45) is 5.10 Å². The largest absolute Gasteiger partial charge is 0.351 e. The highest BCUT2D eigenvalue weighted by atomic mass is 16.2. The second kappa shape index (κ2) is 8.97. The molecule has 8 heteroatoms. The number of carbonyl (C=O) groups is 3. The zero-order valence-electron chi connectivity index (χ0n) is 17.8. The van der Waals surface area contributed by atoms with Gasteiger partial charge >= 0.3 is 0 Å². The standard InChI is InChI=1S/C21H33N5O3/c1-4-12-22-18(27)16-10-11-17-19(28)25(13-5-2)21(3,14-26(17)24-16)20(29)23-15-8-6-7-9-15/h11,15H,4-10,12-14H2,1-3H3,(H,22,27)(H,23,29). The number of allylic oxidation sites excluding steroid dienone is 1. The van der Waals surface area contributed by atoms with E-state index in [9.17, 15) is 14.4 Å². The van der Waals surface area contributed by atoms with Crippen molar-refractivity contribution < 1.29 is 14.4 Å². The number of nitrogens with zero attached hydrogens (tertiary/aromatic N) is 3. The lowest BCUT2D eigenvalue weighted by Gasteiger charge is -2.48. The Bertz CT molecular complexity index is 726. The third-order valence-electron chi connectivity index (χ3n) is 5.95. The maximum Gasteiger partial charge on any atom is 0.272 e. The average molecular weight is 404 g/mol. The van der Waals surface area contributed by atoms with Crippen molar-refractivity contribution in [3.05, 3.63) is 11.8 Å². The molecule has 0 aromatic carbocycles. The molecule has 0 aromatic heterocycles. The first-order chi connectivity index (χ1) is 13.9. The molecule has 160 valence electrons. The number of hydrogen-bond donors (Lipinski definition) is 2. The van der Waals surface area contributed by atoms with Gasteiger partial charge in [-0.2, -0.15) is 5.10 Å². The molecule has 2 aliphatic heterocycles. The van der Waals surface area contributed by atoms with Crippen LogP contribution in [0, 0.1) is 0 Å². The summed E-state index contributed by atoms with van der Waals surface area (Å²) in [6.07, 6.45) is 7.90. The maximum absolute atomic E-state index is 13.3. The molecular formula is C21H33N5O3. The molecule has 2 fully saturated rings. The molecule has 0 aromatic rings. The SMILES string of the molecule is CCCNC(=O)C1=NN2CC(C)(C(=O)NC3CCCC3)N(CCC)C(=O)C2=CC1. The summed E-state index contributed by atoms with van der Waals surface area (Å²) < 4.78 is 0. The van der Waals surface area contributed by atoms with E-state index < -0.39 is 5.54 Å². The summed E-state index contributed by atoms with van der Waals surface area (Å²) in [5, 5.41) is 12.0. The van der Waals surface area contributed by atoms with Crippen molar-refractivity contribution in [1.82, 2.24) is 20.5 Å². The third-order valence-corrected chi connectivity index (χ3v) is 5.95. The normalized spacial score (nSPS) is 24.7. The predicted molar refractivity (Wildman–Crippen MR) is 111 cm³/mol. The molecule has 29 heavy (non-hydrogen) atoms. The van der Waals surface area contributed by atoms with Gasteiger partial charge in [-0.05, 0) is 38.7 Å². The molecule has 1 atom stereocenters. The number of carbonyl (C=O) groups excluding carboxylic acids is 3. The minimum Gasteiger partial charge on any atom is -0.351 e. The predicted octanol–water partition coefficient (Wildman–Crippen LogP) is 1.53. The Morgan fingerprint density at radius 1 is 1.24 bits per heavy atom. The van der Waals surface area contributed by atoms with Gasteiger partial charge in [0, 0.05) is 25.6 Å². The highest BCUT2D eigenvalue weighted by Gasteiger charge is 2.50. The van der Waals surface area contributed by atoms with Gasteiger partial charge in [0.1, 0.15) is 16.9 Å². The fraction of sp³-hybridized carbons (Fsp3) is 0.714. The van der Waals surface area contributed by atoms with Crippen molar-refractivity contribution >= 4 is 23.4 Å². The molecule has 1 unspecified atom stereocenters. The summed E-state index contributed by atoms with van der Waals surface area (Å²) in [5.41, 5.74) is -0.201. The smallest absolute Gasteiger partial charge is 0.272 e. The summed E-state index contributed by atoms with van der Waals surface area (Å²) >= 11 is 0. The molecule has 0 bridgehead atoms. The van der Waals surface area contributed by atoms with Gasteiger partial charge in [0.15, 0.2) is 0 Å². The van der Waals surface area contributed by atoms with Crippen LogP contribution in [0.1, 0.15) is 65.7 Å². The van der Waals surface area contributed by atoms with Crippen LogP contribution < -0.4 is 10.6 Å². The fourth-order valence-electron chi connectivity index (χ4n) is 4.25. The molecular weight excluding hydrogens is 370 g/mol. The van der Waals surface area contributed by atoms with Crippen LogP contribution in [0.3, 0.4) is 0 Å². The van der Waals surface area contributed by atoms with Crippen LogP contribution in [0.4, 0.5) is 0 Å². The molecule has 2 heterocycles. The molecule has 1 saturated carbocycles. The zero-order chi connectivity index (χ0) is 21.0. The molecule has 8 nitrogen and oxygen atoms in total. The van der Waals surface area contributed by atoms with Gasteiger partial charge in [-0.25, -0.2) is 0 Å². The average Bonchev–Trinajstić information content (AvgIpc) is 3.21. The molecule has 1 saturated heterocycles. The van der Waals surface area contributed by atoms with E-state index >= 15 is 0 Å². The van der Waals surface area contributed by atoms with E-state index in [4.69, 9.17) is 0 Å². The van der Waals surface area contributed by atoms with Crippen LogP contribution in [0.15, 0.2) is 16.9 Å². The lowest BCUT2D eigenvalue weighted by molar-refractivity contribution is -0.151. The van der Waals surface area contributed by atoms with Gasteiger partial charge in [-0.15, -0.1) is 0 Å². The first kappa shape index (κ1) is 21.3. The molecule has 1 aliphatic carbocycles. The molecule has 2 N–H and O–H groups in total. The van der Waals surface area contributed by atoms with Gasteiger partial charge in [0.05, 0.1) is 6.54 Å². The number of piperazine rings is 1. The maximum atomic E-state index is 13.3. The van der Waals surface area contributed by atoms with E-state index in [1.165, 1.54) is 0 Å². The second-order valence-corrected chi connectivity index (χ2v) is 8.34. The quantitative estimate of drug-likeness (QED) is 0.674. The number of fused-ring (bicyclic) bond motifs is 1. The van der Waals surface area contributed by atoms with E-state index in [0.717, 1.165) is 38.5 Å². The first-order valence-corrected chi connectivity index (χ1v) is 10.9. The van der Waals surface area contributed by atoms with Crippen molar-refractivity contribution in [1.29, 1.82) is 0 Å².